The number of aliphatic hydroxyl groups excluding tert-OH is 7. The molecule has 0 spiro atoms. The first-order valence-electron chi connectivity index (χ1n) is 32.1. The van der Waals surface area contributed by atoms with Crippen molar-refractivity contribution in [3.63, 3.8) is 0 Å². The Kier molecular flexibility index (Phi) is 46.6. The molecule has 14 heteroatoms. The summed E-state index contributed by atoms with van der Waals surface area (Å²) in [5.74, 6) is -0.365. The van der Waals surface area contributed by atoms with Gasteiger partial charge in [0.1, 0.15) is 54.9 Å². The maximum atomic E-state index is 13.1. The molecule has 0 amide bonds. The molecule has 11 atom stereocenters. The van der Waals surface area contributed by atoms with E-state index in [2.05, 4.69) is 13.8 Å². The van der Waals surface area contributed by atoms with Crippen molar-refractivity contribution < 1.29 is 69.0 Å². The zero-order valence-electron chi connectivity index (χ0n) is 48.8. The van der Waals surface area contributed by atoms with Crippen LogP contribution in [-0.2, 0) is 33.2 Å². The van der Waals surface area contributed by atoms with Crippen LogP contribution in [0.3, 0.4) is 0 Å². The van der Waals surface area contributed by atoms with Crippen LogP contribution in [-0.4, -0.2) is 142 Å². The van der Waals surface area contributed by atoms with Crippen molar-refractivity contribution in [1.29, 1.82) is 0 Å². The van der Waals surface area contributed by atoms with Crippen molar-refractivity contribution in [2.45, 2.75) is 357 Å². The van der Waals surface area contributed by atoms with Crippen LogP contribution in [0.25, 0.3) is 0 Å². The second-order valence-electron chi connectivity index (χ2n) is 23.0. The Morgan fingerprint density at radius 3 is 1.07 bits per heavy atom. The van der Waals surface area contributed by atoms with Gasteiger partial charge in [-0.1, -0.05) is 271 Å². The zero-order valence-corrected chi connectivity index (χ0v) is 48.8. The fourth-order valence-electron chi connectivity index (χ4n) is 10.7. The first kappa shape index (κ1) is 71.1. The smallest absolute Gasteiger partial charge is 0.306 e. The van der Waals surface area contributed by atoms with Crippen molar-refractivity contribution in [2.75, 3.05) is 33.0 Å². The summed E-state index contributed by atoms with van der Waals surface area (Å²) in [4.78, 5) is 13.1. The van der Waals surface area contributed by atoms with Gasteiger partial charge in [0, 0.05) is 13.0 Å². The molecule has 14 nitrogen and oxygen atoms in total. The van der Waals surface area contributed by atoms with Crippen molar-refractivity contribution >= 4 is 5.97 Å². The Morgan fingerprint density at radius 2 is 0.697 bits per heavy atom. The van der Waals surface area contributed by atoms with Gasteiger partial charge in [-0.3, -0.25) is 4.79 Å². The van der Waals surface area contributed by atoms with E-state index in [9.17, 15) is 40.5 Å². The highest BCUT2D eigenvalue weighted by molar-refractivity contribution is 5.69. The maximum absolute atomic E-state index is 13.1. The van der Waals surface area contributed by atoms with E-state index in [0.29, 0.717) is 6.61 Å². The third-order valence-electron chi connectivity index (χ3n) is 15.9. The van der Waals surface area contributed by atoms with Gasteiger partial charge in [-0.25, -0.2) is 0 Å². The van der Waals surface area contributed by atoms with Gasteiger partial charge in [-0.05, 0) is 12.8 Å². The predicted octanol–water partition coefficient (Wildman–Crippen LogP) is 12.4. The van der Waals surface area contributed by atoms with E-state index in [0.717, 1.165) is 44.9 Å². The Bertz CT molecular complexity index is 1260. The van der Waals surface area contributed by atoms with Gasteiger partial charge in [0.05, 0.1) is 26.4 Å². The minimum absolute atomic E-state index is 0.0713. The van der Waals surface area contributed by atoms with Crippen LogP contribution in [0.2, 0.25) is 0 Å². The molecule has 7 N–H and O–H groups in total. The largest absolute Gasteiger partial charge is 0.457 e. The number of rotatable bonds is 54. The molecule has 2 saturated heterocycles. The molecule has 2 rings (SSSR count). The van der Waals surface area contributed by atoms with E-state index in [1.165, 1.54) is 225 Å². The fourth-order valence-corrected chi connectivity index (χ4v) is 10.7. The topological polar surface area (TPSA) is 214 Å². The molecule has 11 unspecified atom stereocenters. The summed E-state index contributed by atoms with van der Waals surface area (Å²) < 4.78 is 34.5. The highest BCUT2D eigenvalue weighted by Gasteiger charge is 2.47. The third kappa shape index (κ3) is 35.7. The minimum Gasteiger partial charge on any atom is -0.457 e. The van der Waals surface area contributed by atoms with E-state index in [1.54, 1.807) is 0 Å². The van der Waals surface area contributed by atoms with Crippen LogP contribution in [0.15, 0.2) is 0 Å². The summed E-state index contributed by atoms with van der Waals surface area (Å²) in [5.41, 5.74) is 0. The average molecular weight is 1090 g/mol. The summed E-state index contributed by atoms with van der Waals surface area (Å²) in [6, 6.07) is 0. The highest BCUT2D eigenvalue weighted by Crippen LogP contribution is 2.27. The quantitative estimate of drug-likeness (QED) is 0.0223. The summed E-state index contributed by atoms with van der Waals surface area (Å²) in [7, 11) is 0. The Morgan fingerprint density at radius 1 is 0.382 bits per heavy atom. The number of hydrogen-bond donors (Lipinski definition) is 7. The van der Waals surface area contributed by atoms with Gasteiger partial charge in [-0.2, -0.15) is 0 Å². The molecule has 0 aromatic heterocycles. The van der Waals surface area contributed by atoms with Gasteiger partial charge >= 0.3 is 5.97 Å². The second-order valence-corrected chi connectivity index (χ2v) is 23.0. The molecule has 76 heavy (non-hydrogen) atoms. The van der Waals surface area contributed by atoms with Crippen molar-refractivity contribution in [3.8, 4) is 0 Å². The second kappa shape index (κ2) is 49.8. The molecule has 0 aromatic carbocycles. The van der Waals surface area contributed by atoms with Crippen LogP contribution in [0, 0.1) is 0 Å². The summed E-state index contributed by atoms with van der Waals surface area (Å²) in [6.07, 6.45) is 38.8. The molecule has 452 valence electrons. The van der Waals surface area contributed by atoms with Crippen molar-refractivity contribution in [3.05, 3.63) is 0 Å². The number of aliphatic hydroxyl groups is 7. The van der Waals surface area contributed by atoms with E-state index < -0.39 is 80.7 Å². The van der Waals surface area contributed by atoms with E-state index >= 15 is 0 Å². The van der Waals surface area contributed by atoms with E-state index in [-0.39, 0.29) is 25.6 Å². The Hall–Kier alpha value is -1.01. The van der Waals surface area contributed by atoms with Crippen LogP contribution < -0.4 is 0 Å². The molecule has 0 bridgehead atoms. The standard InChI is InChI=1S/C62H120O14/c1-3-5-7-9-11-13-15-17-19-21-23-24-25-26-27-29-31-33-35-37-39-41-43-45-54(64)74-51(48-71-46-44-42-40-38-36-34-32-30-28-22-20-18-16-14-12-10-8-6-4-2)49-72-61-60(70)58(68)56(66)53(76-61)50-73-62-59(69)57(67)55(65)52(47-63)75-62/h51-53,55-63,65-70H,3-50H2,1-2H3. The van der Waals surface area contributed by atoms with E-state index in [4.69, 9.17) is 28.4 Å². The fraction of sp³-hybridized carbons (Fsp3) is 0.984. The molecule has 2 heterocycles. The number of unbranched alkanes of at least 4 members (excludes halogenated alkanes) is 40. The molecule has 0 radical (unpaired) electrons. The number of carbonyl (C=O) groups excluding carboxylic acids is 1. The molecular formula is C62H120O14. The average Bonchev–Trinajstić information content (AvgIpc) is 3.42. The van der Waals surface area contributed by atoms with Crippen molar-refractivity contribution in [1.82, 2.24) is 0 Å². The predicted molar refractivity (Wildman–Crippen MR) is 303 cm³/mol. The summed E-state index contributed by atoms with van der Waals surface area (Å²) in [5, 5.41) is 72.5. The van der Waals surface area contributed by atoms with Gasteiger partial charge < -0.3 is 64.2 Å². The van der Waals surface area contributed by atoms with Gasteiger partial charge in [-0.15, -0.1) is 0 Å². The van der Waals surface area contributed by atoms with Crippen molar-refractivity contribution in [2.24, 2.45) is 0 Å². The van der Waals surface area contributed by atoms with Crippen LogP contribution >= 0.6 is 0 Å². The molecular weight excluding hydrogens is 969 g/mol. The lowest BCUT2D eigenvalue weighted by molar-refractivity contribution is -0.332. The Balaban J connectivity index is 1.66. The van der Waals surface area contributed by atoms with Gasteiger partial charge in [0.15, 0.2) is 12.6 Å². The highest BCUT2D eigenvalue weighted by atomic mass is 16.7. The molecule has 0 saturated carbocycles. The number of esters is 1. The summed E-state index contributed by atoms with van der Waals surface area (Å²) in [6.45, 7) is 3.78. The number of hydrogen-bond acceptors (Lipinski definition) is 14. The Labute approximate surface area is 463 Å². The lowest BCUT2D eigenvalue weighted by Crippen LogP contribution is -2.61. The summed E-state index contributed by atoms with van der Waals surface area (Å²) >= 11 is 0. The first-order valence-corrected chi connectivity index (χ1v) is 32.1. The van der Waals surface area contributed by atoms with E-state index in [1.807, 2.05) is 0 Å². The normalized spacial score (nSPS) is 24.3. The monoisotopic (exact) mass is 1090 g/mol. The molecule has 2 aliphatic heterocycles. The maximum Gasteiger partial charge on any atom is 0.306 e. The first-order chi connectivity index (χ1) is 37.1. The lowest BCUT2D eigenvalue weighted by Gasteiger charge is -2.42. The van der Waals surface area contributed by atoms with Crippen LogP contribution in [0.5, 0.6) is 0 Å². The van der Waals surface area contributed by atoms with Gasteiger partial charge in [0.2, 0.25) is 0 Å². The van der Waals surface area contributed by atoms with Gasteiger partial charge in [0.25, 0.3) is 0 Å². The number of carbonyl (C=O) groups is 1. The molecule has 2 aliphatic rings. The van der Waals surface area contributed by atoms with Crippen LogP contribution in [0.4, 0.5) is 0 Å². The SMILES string of the molecule is CCCCCCCCCCCCCCCCCCCCCCCCCC(=O)OC(COCCCCCCCCCCCCCCCCCCCCC)COC1OC(COC2OC(CO)C(O)C(O)C2O)C(O)C(O)C1O. The molecule has 2 fully saturated rings. The number of ether oxygens (including phenoxy) is 6. The lowest BCUT2D eigenvalue weighted by atomic mass is 9.98. The molecule has 0 aromatic rings. The molecule has 0 aliphatic carbocycles. The van der Waals surface area contributed by atoms with Crippen LogP contribution in [0.1, 0.15) is 290 Å². The third-order valence-corrected chi connectivity index (χ3v) is 15.9. The zero-order chi connectivity index (χ0) is 55.1. The minimum atomic E-state index is -1.70.